The number of aryl methyl sites for hydroxylation is 1. The van der Waals surface area contributed by atoms with Crippen molar-refractivity contribution in [2.24, 2.45) is 0 Å². The number of nitrogens with zero attached hydrogens (tertiary/aromatic N) is 2. The fourth-order valence-electron chi connectivity index (χ4n) is 2.55. The average molecular weight is 348 g/mol. The minimum atomic E-state index is -0.308. The van der Waals surface area contributed by atoms with Crippen molar-refractivity contribution in [2.75, 3.05) is 17.4 Å². The molecule has 0 unspecified atom stereocenters. The molecule has 3 aromatic rings. The quantitative estimate of drug-likeness (QED) is 0.750. The summed E-state index contributed by atoms with van der Waals surface area (Å²) >= 11 is 0. The van der Waals surface area contributed by atoms with Gasteiger partial charge in [-0.3, -0.25) is 4.79 Å². The minimum absolute atomic E-state index is 0.226. The van der Waals surface area contributed by atoms with Crippen LogP contribution >= 0.6 is 0 Å². The zero-order chi connectivity index (χ0) is 17.9. The number of fused-ring (bicyclic) bond motifs is 1. The molecule has 2 heterocycles. The maximum absolute atomic E-state index is 12.3. The Bertz CT molecular complexity index is 957. The lowest BCUT2D eigenvalue weighted by Crippen LogP contribution is -2.14. The van der Waals surface area contributed by atoms with E-state index in [2.05, 4.69) is 20.6 Å². The van der Waals surface area contributed by atoms with Crippen molar-refractivity contribution >= 4 is 23.1 Å². The van der Waals surface area contributed by atoms with Crippen LogP contribution in [-0.4, -0.2) is 22.7 Å². The first kappa shape index (κ1) is 15.9. The van der Waals surface area contributed by atoms with Crippen molar-refractivity contribution in [1.29, 1.82) is 0 Å². The number of carbonyl (C=O) groups is 1. The van der Waals surface area contributed by atoms with Crippen LogP contribution < -0.4 is 20.1 Å². The Morgan fingerprint density at radius 2 is 1.88 bits per heavy atom. The summed E-state index contributed by atoms with van der Waals surface area (Å²) in [6.07, 6.45) is 2.94. The van der Waals surface area contributed by atoms with Gasteiger partial charge in [-0.05, 0) is 36.8 Å². The van der Waals surface area contributed by atoms with Crippen molar-refractivity contribution < 1.29 is 14.3 Å². The second-order valence-corrected chi connectivity index (χ2v) is 5.80. The van der Waals surface area contributed by atoms with Gasteiger partial charge in [0.25, 0.3) is 5.91 Å². The Morgan fingerprint density at radius 1 is 1.00 bits per heavy atom. The van der Waals surface area contributed by atoms with Gasteiger partial charge in [-0.15, -0.1) is 0 Å². The van der Waals surface area contributed by atoms with E-state index in [-0.39, 0.29) is 18.4 Å². The number of hydrogen-bond donors (Lipinski definition) is 2. The first-order valence-corrected chi connectivity index (χ1v) is 8.04. The molecule has 1 aromatic heterocycles. The van der Waals surface area contributed by atoms with E-state index >= 15 is 0 Å². The third-order valence-corrected chi connectivity index (χ3v) is 3.81. The zero-order valence-corrected chi connectivity index (χ0v) is 14.0. The number of ether oxygens (including phenoxy) is 2. The van der Waals surface area contributed by atoms with Crippen molar-refractivity contribution in [2.45, 2.75) is 6.92 Å². The lowest BCUT2D eigenvalue weighted by molar-refractivity contribution is 0.102. The molecule has 1 aliphatic heterocycles. The molecular formula is C19H16N4O3. The predicted molar refractivity (Wildman–Crippen MR) is 97.0 cm³/mol. The fourth-order valence-corrected chi connectivity index (χ4v) is 2.55. The Morgan fingerprint density at radius 3 is 2.69 bits per heavy atom. The summed E-state index contributed by atoms with van der Waals surface area (Å²) in [5.74, 6) is 1.61. The number of benzene rings is 2. The van der Waals surface area contributed by atoms with Gasteiger partial charge in [-0.2, -0.15) is 0 Å². The van der Waals surface area contributed by atoms with Gasteiger partial charge >= 0.3 is 0 Å². The van der Waals surface area contributed by atoms with Gasteiger partial charge in [-0.25, -0.2) is 9.97 Å². The number of anilines is 3. The van der Waals surface area contributed by atoms with E-state index in [4.69, 9.17) is 9.47 Å². The summed E-state index contributed by atoms with van der Waals surface area (Å²) in [7, 11) is 0. The third-order valence-electron chi connectivity index (χ3n) is 3.81. The molecule has 1 aliphatic rings. The highest BCUT2D eigenvalue weighted by molar-refractivity contribution is 6.02. The van der Waals surface area contributed by atoms with Crippen molar-refractivity contribution in [3.05, 3.63) is 66.1 Å². The second-order valence-electron chi connectivity index (χ2n) is 5.80. The highest BCUT2D eigenvalue weighted by atomic mass is 16.7. The maximum Gasteiger partial charge on any atom is 0.275 e. The Hall–Kier alpha value is -3.61. The third kappa shape index (κ3) is 3.41. The molecule has 1 amide bonds. The number of carbonyl (C=O) groups excluding carboxylic acids is 1. The van der Waals surface area contributed by atoms with E-state index in [9.17, 15) is 4.79 Å². The summed E-state index contributed by atoms with van der Waals surface area (Å²) in [6, 6.07) is 13.1. The van der Waals surface area contributed by atoms with Crippen LogP contribution in [0.5, 0.6) is 11.5 Å². The average Bonchev–Trinajstić information content (AvgIpc) is 3.10. The Labute approximate surface area is 150 Å². The predicted octanol–water partition coefficient (Wildman–Crippen LogP) is 3.51. The highest BCUT2D eigenvalue weighted by Gasteiger charge is 2.14. The van der Waals surface area contributed by atoms with Crippen LogP contribution in [0.2, 0.25) is 0 Å². The molecule has 0 spiro atoms. The molecule has 0 bridgehead atoms. The van der Waals surface area contributed by atoms with E-state index in [0.717, 1.165) is 16.9 Å². The summed E-state index contributed by atoms with van der Waals surface area (Å²) in [5.41, 5.74) is 2.82. The monoisotopic (exact) mass is 348 g/mol. The molecule has 0 saturated carbocycles. The molecule has 0 atom stereocenters. The van der Waals surface area contributed by atoms with Gasteiger partial charge in [0.05, 0.1) is 12.4 Å². The zero-order valence-electron chi connectivity index (χ0n) is 14.0. The number of nitrogens with one attached hydrogen (secondary N) is 2. The lowest BCUT2D eigenvalue weighted by Gasteiger charge is -2.08. The molecule has 0 saturated heterocycles. The molecule has 2 aromatic carbocycles. The van der Waals surface area contributed by atoms with Crippen molar-refractivity contribution in [3.63, 3.8) is 0 Å². The standard InChI is InChI=1S/C19H16N4O3/c1-12-3-2-4-13(7-12)23-19(24)15-9-21-18(10-20-15)22-14-5-6-16-17(8-14)26-11-25-16/h2-10H,11H2,1H3,(H,21,22)(H,23,24). The topological polar surface area (TPSA) is 85.4 Å². The summed E-state index contributed by atoms with van der Waals surface area (Å²) < 4.78 is 10.6. The molecule has 0 fully saturated rings. The molecule has 0 aliphatic carbocycles. The van der Waals surface area contributed by atoms with Crippen LogP contribution in [0, 0.1) is 6.92 Å². The molecule has 130 valence electrons. The highest BCUT2D eigenvalue weighted by Crippen LogP contribution is 2.34. The van der Waals surface area contributed by atoms with Crippen LogP contribution in [0.15, 0.2) is 54.9 Å². The van der Waals surface area contributed by atoms with E-state index in [0.29, 0.717) is 17.3 Å². The van der Waals surface area contributed by atoms with Crippen LogP contribution in [0.25, 0.3) is 0 Å². The van der Waals surface area contributed by atoms with Gasteiger partial charge in [0.1, 0.15) is 11.5 Å². The van der Waals surface area contributed by atoms with Gasteiger partial charge in [-0.1, -0.05) is 12.1 Å². The normalized spacial score (nSPS) is 11.9. The van der Waals surface area contributed by atoms with Gasteiger partial charge in [0.15, 0.2) is 11.5 Å². The molecule has 7 heteroatoms. The summed E-state index contributed by atoms with van der Waals surface area (Å²) in [6.45, 7) is 2.19. The smallest absolute Gasteiger partial charge is 0.275 e. The van der Waals surface area contributed by atoms with E-state index in [1.807, 2.05) is 49.4 Å². The maximum atomic E-state index is 12.3. The van der Waals surface area contributed by atoms with Gasteiger partial charge in [0.2, 0.25) is 6.79 Å². The van der Waals surface area contributed by atoms with Crippen molar-refractivity contribution in [3.8, 4) is 11.5 Å². The van der Waals surface area contributed by atoms with E-state index in [1.54, 1.807) is 0 Å². The van der Waals surface area contributed by atoms with E-state index in [1.165, 1.54) is 12.4 Å². The van der Waals surface area contributed by atoms with Crippen LogP contribution in [0.1, 0.15) is 16.1 Å². The van der Waals surface area contributed by atoms with Crippen molar-refractivity contribution in [1.82, 2.24) is 9.97 Å². The number of aromatic nitrogens is 2. The van der Waals surface area contributed by atoms with Gasteiger partial charge in [0, 0.05) is 17.4 Å². The van der Waals surface area contributed by atoms with E-state index < -0.39 is 0 Å². The molecule has 7 nitrogen and oxygen atoms in total. The first-order valence-electron chi connectivity index (χ1n) is 8.04. The number of hydrogen-bond acceptors (Lipinski definition) is 6. The lowest BCUT2D eigenvalue weighted by atomic mass is 10.2. The van der Waals surface area contributed by atoms with Crippen LogP contribution in [-0.2, 0) is 0 Å². The van der Waals surface area contributed by atoms with Gasteiger partial charge < -0.3 is 20.1 Å². The second kappa shape index (κ2) is 6.72. The molecular weight excluding hydrogens is 332 g/mol. The molecule has 0 radical (unpaired) electrons. The minimum Gasteiger partial charge on any atom is -0.454 e. The Kier molecular flexibility index (Phi) is 4.10. The Balaban J connectivity index is 1.44. The van der Waals surface area contributed by atoms with Crippen LogP contribution in [0.3, 0.4) is 0 Å². The summed E-state index contributed by atoms with van der Waals surface area (Å²) in [5, 5.41) is 5.92. The molecule has 2 N–H and O–H groups in total. The number of amides is 1. The number of rotatable bonds is 4. The first-order chi connectivity index (χ1) is 12.7. The SMILES string of the molecule is Cc1cccc(NC(=O)c2cnc(Nc3ccc4c(c3)OCO4)cn2)c1. The molecule has 4 rings (SSSR count). The molecule has 26 heavy (non-hydrogen) atoms. The fraction of sp³-hybridized carbons (Fsp3) is 0.105. The van der Waals surface area contributed by atoms with Crippen LogP contribution in [0.4, 0.5) is 17.2 Å². The largest absolute Gasteiger partial charge is 0.454 e. The summed E-state index contributed by atoms with van der Waals surface area (Å²) in [4.78, 5) is 20.7.